The van der Waals surface area contributed by atoms with E-state index in [1.54, 1.807) is 0 Å². The highest BCUT2D eigenvalue weighted by atomic mass is 16.1. The molecule has 3 nitrogen and oxygen atoms in total. The van der Waals surface area contributed by atoms with Crippen LogP contribution in [0.5, 0.6) is 0 Å². The maximum Gasteiger partial charge on any atom is 0.255 e. The topological polar surface area (TPSA) is 45.8 Å². The lowest BCUT2D eigenvalue weighted by molar-refractivity contribution is 0.944. The van der Waals surface area contributed by atoms with E-state index in [4.69, 9.17) is 0 Å². The summed E-state index contributed by atoms with van der Waals surface area (Å²) in [5, 5.41) is 1.79. The number of aromatic amines is 1. The molecule has 3 rings (SSSR count). The minimum atomic E-state index is -0.0265. The number of aromatic nitrogens is 2. The molecule has 3 heteroatoms. The lowest BCUT2D eigenvalue weighted by Crippen LogP contribution is -2.07. The number of fused-ring (bicyclic) bond motifs is 1. The van der Waals surface area contributed by atoms with Gasteiger partial charge in [-0.2, -0.15) is 0 Å². The van der Waals surface area contributed by atoms with Gasteiger partial charge in [-0.3, -0.25) is 9.78 Å². The second-order valence-electron chi connectivity index (χ2n) is 5.00. The van der Waals surface area contributed by atoms with Crippen molar-refractivity contribution in [1.82, 2.24) is 9.97 Å². The van der Waals surface area contributed by atoms with Crippen LogP contribution < -0.4 is 5.56 Å². The van der Waals surface area contributed by atoms with Gasteiger partial charge in [-0.1, -0.05) is 24.3 Å². The number of H-pyrrole nitrogens is 1. The molecule has 3 aromatic rings. The second kappa shape index (κ2) is 5.29. The summed E-state index contributed by atoms with van der Waals surface area (Å²) < 4.78 is 0. The van der Waals surface area contributed by atoms with Crippen LogP contribution in [0, 0.1) is 6.92 Å². The first kappa shape index (κ1) is 12.6. The normalized spacial score (nSPS) is 10.8. The van der Waals surface area contributed by atoms with E-state index >= 15 is 0 Å². The summed E-state index contributed by atoms with van der Waals surface area (Å²) in [5.41, 5.74) is 3.39. The van der Waals surface area contributed by atoms with Gasteiger partial charge in [0.2, 0.25) is 0 Å². The largest absolute Gasteiger partial charge is 0.328 e. The zero-order chi connectivity index (χ0) is 13.9. The number of nitrogens with one attached hydrogen (secondary N) is 1. The van der Waals surface area contributed by atoms with E-state index in [0.717, 1.165) is 29.3 Å². The first-order valence-corrected chi connectivity index (χ1v) is 6.75. The third kappa shape index (κ3) is 2.48. The molecule has 100 valence electrons. The van der Waals surface area contributed by atoms with E-state index in [2.05, 4.69) is 16.0 Å². The van der Waals surface area contributed by atoms with Crippen molar-refractivity contribution in [3.63, 3.8) is 0 Å². The van der Waals surface area contributed by atoms with Crippen molar-refractivity contribution in [3.8, 4) is 0 Å². The molecule has 0 aliphatic rings. The Labute approximate surface area is 117 Å². The highest BCUT2D eigenvalue weighted by molar-refractivity contribution is 5.84. The Balaban J connectivity index is 1.90. The van der Waals surface area contributed by atoms with Crippen molar-refractivity contribution in [1.29, 1.82) is 0 Å². The van der Waals surface area contributed by atoms with Crippen LogP contribution in [0.2, 0.25) is 0 Å². The molecule has 0 spiro atoms. The molecule has 1 aromatic carbocycles. The molecule has 2 heterocycles. The number of benzene rings is 1. The van der Waals surface area contributed by atoms with Crippen molar-refractivity contribution >= 4 is 10.8 Å². The maximum absolute atomic E-state index is 11.8. The monoisotopic (exact) mass is 264 g/mol. The quantitative estimate of drug-likeness (QED) is 0.790. The fourth-order valence-corrected chi connectivity index (χ4v) is 2.40. The Kier molecular flexibility index (Phi) is 3.33. The fourth-order valence-electron chi connectivity index (χ4n) is 2.40. The molecule has 0 amide bonds. The molecular formula is C17H16N2O. The smallest absolute Gasteiger partial charge is 0.255 e. The SMILES string of the molecule is Cc1ccc(CCc2c[nH]c(=O)c3ccccc23)cn1. The van der Waals surface area contributed by atoms with Gasteiger partial charge >= 0.3 is 0 Å². The Morgan fingerprint density at radius 1 is 1.05 bits per heavy atom. The van der Waals surface area contributed by atoms with E-state index in [-0.39, 0.29) is 5.56 Å². The summed E-state index contributed by atoms with van der Waals surface area (Å²) in [4.78, 5) is 18.9. The van der Waals surface area contributed by atoms with Gasteiger partial charge < -0.3 is 4.98 Å². The highest BCUT2D eigenvalue weighted by Crippen LogP contribution is 2.16. The predicted molar refractivity (Wildman–Crippen MR) is 81.0 cm³/mol. The second-order valence-corrected chi connectivity index (χ2v) is 5.00. The van der Waals surface area contributed by atoms with Gasteiger partial charge in [-0.05, 0) is 48.4 Å². The third-order valence-electron chi connectivity index (χ3n) is 3.55. The van der Waals surface area contributed by atoms with Crippen molar-refractivity contribution in [2.75, 3.05) is 0 Å². The van der Waals surface area contributed by atoms with E-state index in [1.165, 1.54) is 11.1 Å². The van der Waals surface area contributed by atoms with Crippen LogP contribution in [0.25, 0.3) is 10.8 Å². The van der Waals surface area contributed by atoms with Crippen LogP contribution in [-0.4, -0.2) is 9.97 Å². The molecule has 1 N–H and O–H groups in total. The van der Waals surface area contributed by atoms with Crippen LogP contribution in [0.1, 0.15) is 16.8 Å². The summed E-state index contributed by atoms with van der Waals surface area (Å²) in [5.74, 6) is 0. The van der Waals surface area contributed by atoms with Crippen LogP contribution in [0.3, 0.4) is 0 Å². The summed E-state index contributed by atoms with van der Waals surface area (Å²) in [6, 6.07) is 11.9. The van der Waals surface area contributed by atoms with Gasteiger partial charge in [0, 0.05) is 23.5 Å². The van der Waals surface area contributed by atoms with Gasteiger partial charge in [0.25, 0.3) is 5.56 Å². The van der Waals surface area contributed by atoms with Crippen molar-refractivity contribution in [2.24, 2.45) is 0 Å². The zero-order valence-corrected chi connectivity index (χ0v) is 11.4. The molecular weight excluding hydrogens is 248 g/mol. The fraction of sp³-hybridized carbons (Fsp3) is 0.176. The Hall–Kier alpha value is -2.42. The lowest BCUT2D eigenvalue weighted by Gasteiger charge is -2.06. The molecule has 2 aromatic heterocycles. The molecule has 0 bridgehead atoms. The van der Waals surface area contributed by atoms with Crippen molar-refractivity contribution < 1.29 is 0 Å². The molecule has 0 fully saturated rings. The maximum atomic E-state index is 11.8. The number of pyridine rings is 2. The number of hydrogen-bond acceptors (Lipinski definition) is 2. The van der Waals surface area contributed by atoms with E-state index in [9.17, 15) is 4.79 Å². The average molecular weight is 264 g/mol. The lowest BCUT2D eigenvalue weighted by atomic mass is 10.0. The molecule has 0 saturated heterocycles. The minimum Gasteiger partial charge on any atom is -0.328 e. The predicted octanol–water partition coefficient (Wildman–Crippen LogP) is 3.02. The number of hydrogen-bond donors (Lipinski definition) is 1. The van der Waals surface area contributed by atoms with Gasteiger partial charge in [-0.15, -0.1) is 0 Å². The summed E-state index contributed by atoms with van der Waals surface area (Å²) >= 11 is 0. The van der Waals surface area contributed by atoms with Gasteiger partial charge in [0.15, 0.2) is 0 Å². The molecule has 0 saturated carbocycles. The third-order valence-corrected chi connectivity index (χ3v) is 3.55. The standard InChI is InChI=1S/C17H16N2O/c1-12-6-7-13(10-18-12)8-9-14-11-19-17(20)16-5-3-2-4-15(14)16/h2-7,10-11H,8-9H2,1H3,(H,19,20). The Bertz CT molecular complexity index is 788. The van der Waals surface area contributed by atoms with E-state index in [1.807, 2.05) is 49.6 Å². The van der Waals surface area contributed by atoms with E-state index < -0.39 is 0 Å². The van der Waals surface area contributed by atoms with Gasteiger partial charge in [0.1, 0.15) is 0 Å². The van der Waals surface area contributed by atoms with Gasteiger partial charge in [0.05, 0.1) is 0 Å². The Morgan fingerprint density at radius 2 is 1.85 bits per heavy atom. The first-order valence-electron chi connectivity index (χ1n) is 6.75. The zero-order valence-electron chi connectivity index (χ0n) is 11.4. The van der Waals surface area contributed by atoms with Crippen LogP contribution in [-0.2, 0) is 12.8 Å². The summed E-state index contributed by atoms with van der Waals surface area (Å²) in [6.45, 7) is 1.99. The van der Waals surface area contributed by atoms with Crippen LogP contribution >= 0.6 is 0 Å². The summed E-state index contributed by atoms with van der Waals surface area (Å²) in [7, 11) is 0. The number of nitrogens with zero attached hydrogens (tertiary/aromatic N) is 1. The van der Waals surface area contributed by atoms with Gasteiger partial charge in [-0.25, -0.2) is 0 Å². The average Bonchev–Trinajstić information content (AvgIpc) is 2.49. The molecule has 0 aliphatic carbocycles. The molecule has 0 radical (unpaired) electrons. The molecule has 0 aliphatic heterocycles. The van der Waals surface area contributed by atoms with Crippen LogP contribution in [0.15, 0.2) is 53.6 Å². The van der Waals surface area contributed by atoms with Crippen LogP contribution in [0.4, 0.5) is 0 Å². The summed E-state index contributed by atoms with van der Waals surface area (Å²) in [6.07, 6.45) is 5.56. The Morgan fingerprint density at radius 3 is 2.60 bits per heavy atom. The number of aryl methyl sites for hydroxylation is 3. The first-order chi connectivity index (χ1) is 9.74. The van der Waals surface area contributed by atoms with E-state index in [0.29, 0.717) is 0 Å². The molecule has 20 heavy (non-hydrogen) atoms. The van der Waals surface area contributed by atoms with Crippen molar-refractivity contribution in [3.05, 3.63) is 76.0 Å². The van der Waals surface area contributed by atoms with Crippen molar-refractivity contribution in [2.45, 2.75) is 19.8 Å². The number of rotatable bonds is 3. The molecule has 0 unspecified atom stereocenters. The molecule has 0 atom stereocenters. The highest BCUT2D eigenvalue weighted by Gasteiger charge is 2.04. The minimum absolute atomic E-state index is 0.0265.